The van der Waals surface area contributed by atoms with Gasteiger partial charge in [-0.15, -0.1) is 0 Å². The van der Waals surface area contributed by atoms with E-state index in [0.717, 1.165) is 0 Å². The van der Waals surface area contributed by atoms with E-state index in [2.05, 4.69) is 32.0 Å². The van der Waals surface area contributed by atoms with E-state index in [9.17, 15) is 4.79 Å². The fourth-order valence-electron chi connectivity index (χ4n) is 0.849. The van der Waals surface area contributed by atoms with Gasteiger partial charge in [0, 0.05) is 21.5 Å². The Morgan fingerprint density at radius 3 is 2.69 bits per heavy atom. The van der Waals surface area contributed by atoms with Crippen molar-refractivity contribution < 1.29 is 4.79 Å². The minimum Gasteiger partial charge on any atom is -0.341 e. The van der Waals surface area contributed by atoms with Crippen molar-refractivity contribution in [2.24, 2.45) is 0 Å². The average Bonchev–Trinajstić information content (AvgIpc) is 2.19. The van der Waals surface area contributed by atoms with Crippen LogP contribution in [0.4, 0.5) is 0 Å². The first-order valence-electron chi connectivity index (χ1n) is 3.76. The van der Waals surface area contributed by atoms with E-state index in [1.165, 1.54) is 0 Å². The van der Waals surface area contributed by atoms with Crippen LogP contribution in [0.2, 0.25) is 0 Å². The zero-order valence-corrected chi connectivity index (χ0v) is 8.47. The van der Waals surface area contributed by atoms with Crippen molar-refractivity contribution in [1.82, 2.24) is 5.32 Å². The van der Waals surface area contributed by atoms with E-state index in [4.69, 9.17) is 0 Å². The highest BCUT2D eigenvalue weighted by Crippen LogP contribution is 1.96. The number of carbonyl (C=O) groups is 1. The second-order valence-corrected chi connectivity index (χ2v) is 2.72. The number of hydrogen-bond acceptors (Lipinski definition) is 1. The van der Waals surface area contributed by atoms with Gasteiger partial charge in [-0.05, 0) is 17.0 Å². The third-order valence-electron chi connectivity index (χ3n) is 1.44. The molecule has 1 aromatic rings. The molecule has 1 amide bonds. The van der Waals surface area contributed by atoms with Gasteiger partial charge in [-0.3, -0.25) is 4.79 Å². The summed E-state index contributed by atoms with van der Waals surface area (Å²) in [5, 5.41) is 2.66. The second kappa shape index (κ2) is 5.39. The summed E-state index contributed by atoms with van der Waals surface area (Å²) in [5.74, 6) is 2.58. The number of amides is 1. The molecular formula is C10H8BrNO. The molecule has 0 aromatic heterocycles. The number of benzene rings is 1. The highest BCUT2D eigenvalue weighted by atomic mass is 79.9. The first kappa shape index (κ1) is 9.82. The summed E-state index contributed by atoms with van der Waals surface area (Å²) in [6.45, 7) is 0.360. The molecule has 0 radical (unpaired) electrons. The minimum absolute atomic E-state index is 0.101. The van der Waals surface area contributed by atoms with Gasteiger partial charge < -0.3 is 5.32 Å². The van der Waals surface area contributed by atoms with Crippen LogP contribution in [-0.4, -0.2) is 12.5 Å². The van der Waals surface area contributed by atoms with Crippen LogP contribution in [0, 0.1) is 10.8 Å². The van der Waals surface area contributed by atoms with E-state index in [1.54, 1.807) is 12.1 Å². The molecule has 0 fully saturated rings. The first-order valence-corrected chi connectivity index (χ1v) is 4.55. The molecule has 3 heteroatoms. The Morgan fingerprint density at radius 1 is 1.38 bits per heavy atom. The summed E-state index contributed by atoms with van der Waals surface area (Å²) in [4.78, 5) is 13.8. The van der Waals surface area contributed by atoms with Crippen LogP contribution in [0.1, 0.15) is 10.4 Å². The maximum absolute atomic E-state index is 11.3. The topological polar surface area (TPSA) is 29.1 Å². The normalized spacial score (nSPS) is 8.38. The molecule has 2 nitrogen and oxygen atoms in total. The molecule has 0 aliphatic heterocycles. The van der Waals surface area contributed by atoms with Crippen molar-refractivity contribution in [2.45, 2.75) is 0 Å². The van der Waals surface area contributed by atoms with Crippen molar-refractivity contribution in [3.8, 4) is 10.8 Å². The first-order chi connectivity index (χ1) is 6.34. The van der Waals surface area contributed by atoms with Gasteiger partial charge in [-0.2, -0.15) is 0 Å². The van der Waals surface area contributed by atoms with Gasteiger partial charge in [0.05, 0.1) is 6.54 Å². The maximum atomic E-state index is 11.3. The molecule has 0 bridgehead atoms. The van der Waals surface area contributed by atoms with Crippen molar-refractivity contribution in [3.63, 3.8) is 0 Å². The Morgan fingerprint density at radius 2 is 2.08 bits per heavy atom. The Bertz CT molecular complexity index is 337. The van der Waals surface area contributed by atoms with Gasteiger partial charge in [0.1, 0.15) is 0 Å². The molecule has 0 unspecified atom stereocenters. The van der Waals surface area contributed by atoms with Crippen molar-refractivity contribution >= 4 is 21.8 Å². The molecule has 1 rings (SSSR count). The van der Waals surface area contributed by atoms with E-state index < -0.39 is 0 Å². The quantitative estimate of drug-likeness (QED) is 0.781. The largest absolute Gasteiger partial charge is 0.341 e. The van der Waals surface area contributed by atoms with Crippen LogP contribution < -0.4 is 5.32 Å². The van der Waals surface area contributed by atoms with Crippen LogP contribution in [0.25, 0.3) is 0 Å². The molecule has 13 heavy (non-hydrogen) atoms. The lowest BCUT2D eigenvalue weighted by atomic mass is 10.2. The molecular weight excluding hydrogens is 230 g/mol. The van der Waals surface area contributed by atoms with Gasteiger partial charge in [0.25, 0.3) is 5.91 Å². The van der Waals surface area contributed by atoms with Crippen LogP contribution >= 0.6 is 15.9 Å². The van der Waals surface area contributed by atoms with Crippen LogP contribution in [0.5, 0.6) is 0 Å². The van der Waals surface area contributed by atoms with Gasteiger partial charge in [-0.1, -0.05) is 24.1 Å². The number of hydrogen-bond donors (Lipinski definition) is 1. The Hall–Kier alpha value is -1.27. The Labute approximate surface area is 85.5 Å². The SMILES string of the molecule is O=C(NCC#CBr)c1ccccc1. The summed E-state index contributed by atoms with van der Waals surface area (Å²) in [5.41, 5.74) is 0.652. The molecule has 0 saturated heterocycles. The highest BCUT2D eigenvalue weighted by Gasteiger charge is 2.00. The van der Waals surface area contributed by atoms with Gasteiger partial charge in [0.15, 0.2) is 0 Å². The Balaban J connectivity index is 2.53. The van der Waals surface area contributed by atoms with E-state index >= 15 is 0 Å². The van der Waals surface area contributed by atoms with Crippen molar-refractivity contribution in [3.05, 3.63) is 35.9 Å². The predicted octanol–water partition coefficient (Wildman–Crippen LogP) is 1.77. The monoisotopic (exact) mass is 237 g/mol. The third kappa shape index (κ3) is 3.30. The number of carbonyl (C=O) groups excluding carboxylic acids is 1. The van der Waals surface area contributed by atoms with Gasteiger partial charge in [-0.25, -0.2) is 0 Å². The Kier molecular flexibility index (Phi) is 4.07. The summed E-state index contributed by atoms with van der Waals surface area (Å²) in [7, 11) is 0. The molecule has 0 aliphatic rings. The minimum atomic E-state index is -0.101. The van der Waals surface area contributed by atoms with E-state index in [0.29, 0.717) is 12.1 Å². The fourth-order valence-corrected chi connectivity index (χ4v) is 0.990. The van der Waals surface area contributed by atoms with Crippen LogP contribution in [0.15, 0.2) is 30.3 Å². The zero-order chi connectivity index (χ0) is 9.52. The maximum Gasteiger partial charge on any atom is 0.252 e. The van der Waals surface area contributed by atoms with Gasteiger partial charge in [0.2, 0.25) is 0 Å². The summed E-state index contributed by atoms with van der Waals surface area (Å²) in [6, 6.07) is 9.04. The van der Waals surface area contributed by atoms with Crippen molar-refractivity contribution in [2.75, 3.05) is 6.54 Å². The van der Waals surface area contributed by atoms with Gasteiger partial charge >= 0.3 is 0 Å². The molecule has 0 saturated carbocycles. The summed E-state index contributed by atoms with van der Waals surface area (Å²) in [6.07, 6.45) is 0. The molecule has 66 valence electrons. The third-order valence-corrected chi connectivity index (χ3v) is 1.72. The molecule has 0 spiro atoms. The molecule has 0 atom stereocenters. The summed E-state index contributed by atoms with van der Waals surface area (Å²) < 4.78 is 0. The predicted molar refractivity (Wildman–Crippen MR) is 55.5 cm³/mol. The standard InChI is InChI=1S/C10H8BrNO/c11-7-4-8-12-10(13)9-5-2-1-3-6-9/h1-3,5-6H,8H2,(H,12,13). The number of nitrogens with one attached hydrogen (secondary N) is 1. The average molecular weight is 238 g/mol. The highest BCUT2D eigenvalue weighted by molar-refractivity contribution is 9.12. The lowest BCUT2D eigenvalue weighted by molar-refractivity contribution is 0.0958. The smallest absolute Gasteiger partial charge is 0.252 e. The van der Waals surface area contributed by atoms with Crippen LogP contribution in [0.3, 0.4) is 0 Å². The fraction of sp³-hybridized carbons (Fsp3) is 0.100. The van der Waals surface area contributed by atoms with E-state index in [-0.39, 0.29) is 5.91 Å². The second-order valence-electron chi connectivity index (χ2n) is 2.32. The van der Waals surface area contributed by atoms with Crippen LogP contribution in [-0.2, 0) is 0 Å². The molecule has 1 N–H and O–H groups in total. The molecule has 1 aromatic carbocycles. The molecule has 0 aliphatic carbocycles. The number of rotatable bonds is 2. The molecule has 0 heterocycles. The lowest BCUT2D eigenvalue weighted by Crippen LogP contribution is -2.23. The number of halogens is 1. The van der Waals surface area contributed by atoms with Crippen molar-refractivity contribution in [1.29, 1.82) is 0 Å². The lowest BCUT2D eigenvalue weighted by Gasteiger charge is -1.99. The zero-order valence-electron chi connectivity index (χ0n) is 6.88. The summed E-state index contributed by atoms with van der Waals surface area (Å²) >= 11 is 2.94. The van der Waals surface area contributed by atoms with E-state index in [1.807, 2.05) is 18.2 Å².